The van der Waals surface area contributed by atoms with Gasteiger partial charge in [-0.3, -0.25) is 18.1 Å². The van der Waals surface area contributed by atoms with Gasteiger partial charge in [0, 0.05) is 38.8 Å². The van der Waals surface area contributed by atoms with Crippen molar-refractivity contribution in [2.45, 2.75) is 0 Å². The second-order valence-electron chi connectivity index (χ2n) is 16.7. The summed E-state index contributed by atoms with van der Waals surface area (Å²) < 4.78 is 9.49. The van der Waals surface area contributed by atoms with Crippen molar-refractivity contribution >= 4 is 89.5 Å². The molecule has 0 unspecified atom stereocenters. The van der Waals surface area contributed by atoms with Crippen LogP contribution in [0.1, 0.15) is 5.56 Å². The SMILES string of the molecule is C#Cc1ccc2nc3n(-c4cccc([Si](c5ccccc5)(c5ccccc5)c5cccc(-n6c7ccccc7c7c8ccccc8n(-c8ccccc8)c76)c5)c4)c4ccccc4n3c2c1. The molecule has 0 amide bonds. The molecule has 65 heavy (non-hydrogen) atoms. The van der Waals surface area contributed by atoms with Crippen molar-refractivity contribution in [3.63, 3.8) is 0 Å². The van der Waals surface area contributed by atoms with Gasteiger partial charge >= 0.3 is 0 Å². The Labute approximate surface area is 376 Å². The first kappa shape index (κ1) is 37.0. The zero-order chi connectivity index (χ0) is 43.1. The number of aromatic nitrogens is 5. The van der Waals surface area contributed by atoms with Crippen molar-refractivity contribution in [1.82, 2.24) is 23.1 Å². The molecule has 0 aliphatic heterocycles. The average Bonchev–Trinajstić information content (AvgIpc) is 4.11. The van der Waals surface area contributed by atoms with Crippen molar-refractivity contribution in [3.05, 3.63) is 236 Å². The van der Waals surface area contributed by atoms with Crippen LogP contribution >= 0.6 is 0 Å². The standard InChI is InChI=1S/C59H39N5Si/c1-2-41-36-37-51-56(38-41)64-55-35-17-16-34-54(55)63(59(64)60-51)44-23-19-29-48(40-44)65(45-24-8-4-9-25-45,46-26-10-5-11-27-46)47-28-18-22-43(39-47)62-53-33-15-13-31-50(53)57-49-30-12-14-32-52(49)61(58(57)62)42-20-6-3-7-21-42/h1,3-40H. The van der Waals surface area contributed by atoms with Crippen LogP contribution in [-0.2, 0) is 0 Å². The third-order valence-electron chi connectivity index (χ3n) is 13.3. The van der Waals surface area contributed by atoms with Crippen molar-refractivity contribution in [3.8, 4) is 29.4 Å². The zero-order valence-corrected chi connectivity index (χ0v) is 36.3. The molecule has 13 aromatic rings. The monoisotopic (exact) mass is 845 g/mol. The Morgan fingerprint density at radius 1 is 0.385 bits per heavy atom. The van der Waals surface area contributed by atoms with Gasteiger partial charge in [0.05, 0.1) is 33.1 Å². The van der Waals surface area contributed by atoms with Gasteiger partial charge in [-0.2, -0.15) is 0 Å². The quantitative estimate of drug-likeness (QED) is 0.0893. The molecule has 0 saturated heterocycles. The van der Waals surface area contributed by atoms with Crippen LogP contribution in [0.3, 0.4) is 0 Å². The molecule has 304 valence electrons. The molecule has 0 saturated carbocycles. The summed E-state index contributed by atoms with van der Waals surface area (Å²) in [7, 11) is -3.09. The van der Waals surface area contributed by atoms with Gasteiger partial charge in [-0.25, -0.2) is 4.98 Å². The molecular formula is C59H39N5Si. The van der Waals surface area contributed by atoms with Crippen LogP contribution < -0.4 is 20.7 Å². The minimum Gasteiger partial charge on any atom is -0.295 e. The Morgan fingerprint density at radius 3 is 1.46 bits per heavy atom. The number of fused-ring (bicyclic) bond motifs is 10. The van der Waals surface area contributed by atoms with E-state index in [0.29, 0.717) is 0 Å². The van der Waals surface area contributed by atoms with E-state index in [1.54, 1.807) is 0 Å². The van der Waals surface area contributed by atoms with Gasteiger partial charge in [0.2, 0.25) is 5.78 Å². The number of hydrogen-bond donors (Lipinski definition) is 0. The van der Waals surface area contributed by atoms with Crippen LogP contribution in [0.5, 0.6) is 0 Å². The average molecular weight is 846 g/mol. The van der Waals surface area contributed by atoms with Crippen LogP contribution in [0, 0.1) is 12.3 Å². The van der Waals surface area contributed by atoms with E-state index in [1.165, 1.54) is 47.9 Å². The van der Waals surface area contributed by atoms with E-state index < -0.39 is 8.07 Å². The number of rotatable bonds is 7. The summed E-state index contributed by atoms with van der Waals surface area (Å²) in [6.45, 7) is 0. The summed E-state index contributed by atoms with van der Waals surface area (Å²) in [5.74, 6) is 3.68. The van der Waals surface area contributed by atoms with Gasteiger partial charge in [0.15, 0.2) is 8.07 Å². The fourth-order valence-electron chi connectivity index (χ4n) is 10.7. The van der Waals surface area contributed by atoms with Gasteiger partial charge in [-0.05, 0) is 99.6 Å². The summed E-state index contributed by atoms with van der Waals surface area (Å²) >= 11 is 0. The van der Waals surface area contributed by atoms with E-state index in [4.69, 9.17) is 11.4 Å². The minimum absolute atomic E-state index is 0.831. The number of para-hydroxylation sites is 5. The summed E-state index contributed by atoms with van der Waals surface area (Å²) in [6.07, 6.45) is 5.91. The highest BCUT2D eigenvalue weighted by Gasteiger charge is 2.42. The predicted octanol–water partition coefficient (Wildman–Crippen LogP) is 10.8. The van der Waals surface area contributed by atoms with E-state index in [1.807, 2.05) is 12.1 Å². The predicted molar refractivity (Wildman–Crippen MR) is 272 cm³/mol. The van der Waals surface area contributed by atoms with Crippen LogP contribution in [0.15, 0.2) is 231 Å². The number of hydrogen-bond acceptors (Lipinski definition) is 1. The highest BCUT2D eigenvalue weighted by Crippen LogP contribution is 2.40. The summed E-state index contributed by atoms with van der Waals surface area (Å²) in [4.78, 5) is 5.27. The highest BCUT2D eigenvalue weighted by atomic mass is 28.3. The molecule has 0 spiro atoms. The first-order valence-corrected chi connectivity index (χ1v) is 24.0. The maximum atomic E-state index is 5.91. The maximum absolute atomic E-state index is 5.91. The Bertz CT molecular complexity index is 3980. The molecule has 0 aliphatic rings. The Morgan fingerprint density at radius 2 is 0.862 bits per heavy atom. The lowest BCUT2D eigenvalue weighted by atomic mass is 10.1. The molecule has 0 bridgehead atoms. The lowest BCUT2D eigenvalue weighted by Gasteiger charge is -2.35. The largest absolute Gasteiger partial charge is 0.295 e. The Hall–Kier alpha value is -8.63. The van der Waals surface area contributed by atoms with Crippen LogP contribution in [0.25, 0.3) is 77.7 Å². The lowest BCUT2D eigenvalue weighted by molar-refractivity contribution is 1.07. The zero-order valence-electron chi connectivity index (χ0n) is 35.3. The molecule has 0 atom stereocenters. The number of imidazole rings is 2. The first-order chi connectivity index (χ1) is 32.2. The second kappa shape index (κ2) is 14.5. The number of nitrogens with zero attached hydrogens (tertiary/aromatic N) is 5. The minimum atomic E-state index is -3.09. The summed E-state index contributed by atoms with van der Waals surface area (Å²) in [5.41, 5.74) is 11.7. The fraction of sp³-hybridized carbons (Fsp3) is 0. The molecule has 0 N–H and O–H groups in total. The third kappa shape index (κ3) is 5.37. The van der Waals surface area contributed by atoms with E-state index in [2.05, 4.69) is 242 Å². The van der Waals surface area contributed by atoms with Crippen LogP contribution in [0.4, 0.5) is 0 Å². The van der Waals surface area contributed by atoms with Crippen molar-refractivity contribution in [1.29, 1.82) is 0 Å². The van der Waals surface area contributed by atoms with Crippen molar-refractivity contribution in [2.75, 3.05) is 0 Å². The van der Waals surface area contributed by atoms with Gasteiger partial charge < -0.3 is 0 Å². The Kier molecular flexibility index (Phi) is 8.23. The molecule has 0 aliphatic carbocycles. The second-order valence-corrected chi connectivity index (χ2v) is 20.6. The maximum Gasteiger partial charge on any atom is 0.220 e. The molecule has 0 radical (unpaired) electrons. The van der Waals surface area contributed by atoms with Gasteiger partial charge in [0.1, 0.15) is 5.65 Å². The number of terminal acetylenes is 1. The van der Waals surface area contributed by atoms with Gasteiger partial charge in [-0.15, -0.1) is 6.42 Å². The summed E-state index contributed by atoms with van der Waals surface area (Å²) in [6, 6.07) is 84.1. The molecule has 4 heterocycles. The normalized spacial score (nSPS) is 12.0. The lowest BCUT2D eigenvalue weighted by Crippen LogP contribution is -2.74. The molecule has 6 heteroatoms. The molecule has 9 aromatic carbocycles. The van der Waals surface area contributed by atoms with Crippen molar-refractivity contribution in [2.24, 2.45) is 0 Å². The first-order valence-electron chi connectivity index (χ1n) is 22.0. The van der Waals surface area contributed by atoms with Crippen LogP contribution in [-0.4, -0.2) is 31.2 Å². The summed E-state index contributed by atoms with van der Waals surface area (Å²) in [5, 5.41) is 8.88. The number of benzene rings is 9. The smallest absolute Gasteiger partial charge is 0.220 e. The van der Waals surface area contributed by atoms with E-state index in [-0.39, 0.29) is 0 Å². The molecule has 0 fully saturated rings. The van der Waals surface area contributed by atoms with Gasteiger partial charge in [0.25, 0.3) is 0 Å². The molecular weight excluding hydrogens is 807 g/mol. The molecule has 4 aromatic heterocycles. The van der Waals surface area contributed by atoms with E-state index in [9.17, 15) is 0 Å². The van der Waals surface area contributed by atoms with E-state index in [0.717, 1.165) is 56.1 Å². The van der Waals surface area contributed by atoms with Crippen LogP contribution in [0.2, 0.25) is 0 Å². The fourth-order valence-corrected chi connectivity index (χ4v) is 15.5. The Balaban J connectivity index is 1.11. The molecule has 5 nitrogen and oxygen atoms in total. The van der Waals surface area contributed by atoms with E-state index >= 15 is 0 Å². The van der Waals surface area contributed by atoms with Crippen molar-refractivity contribution < 1.29 is 0 Å². The topological polar surface area (TPSA) is 32.1 Å². The highest BCUT2D eigenvalue weighted by molar-refractivity contribution is 7.20. The third-order valence-corrected chi connectivity index (χ3v) is 18.1. The van der Waals surface area contributed by atoms with Gasteiger partial charge in [-0.1, -0.05) is 158 Å². The molecule has 13 rings (SSSR count).